The molecule has 3 aromatic carbocycles. The largest absolute Gasteiger partial charge is 0.457 e. The van der Waals surface area contributed by atoms with Crippen LogP contribution in [-0.4, -0.2) is 22.7 Å². The fourth-order valence-corrected chi connectivity index (χ4v) is 3.59. The van der Waals surface area contributed by atoms with E-state index in [1.807, 2.05) is 0 Å². The van der Waals surface area contributed by atoms with Crippen LogP contribution in [0.5, 0.6) is 0 Å². The minimum Gasteiger partial charge on any atom is -0.457 e. The number of anilines is 1. The molecule has 4 rings (SSSR count). The standard InChI is InChI=1S/C23H15ClN2O6/c1-13-19(24)6-3-7-20(13)25-21(27)17-9-8-15(11-18(17)22(25)28)23(29)32-12-14-4-2-5-16(10-14)26(30)31/h2-11H,12H2,1H3. The summed E-state index contributed by atoms with van der Waals surface area (Å²) in [4.78, 5) is 49.7. The minimum absolute atomic E-state index is 0.0826. The smallest absolute Gasteiger partial charge is 0.338 e. The first-order chi connectivity index (χ1) is 15.3. The Labute approximate surface area is 187 Å². The average Bonchev–Trinajstić information content (AvgIpc) is 3.03. The molecule has 0 aromatic heterocycles. The molecule has 0 bridgehead atoms. The summed E-state index contributed by atoms with van der Waals surface area (Å²) in [5.41, 5.74) is 1.63. The van der Waals surface area contributed by atoms with Crippen molar-refractivity contribution in [3.8, 4) is 0 Å². The van der Waals surface area contributed by atoms with E-state index < -0.39 is 22.7 Å². The lowest BCUT2D eigenvalue weighted by atomic mass is 10.1. The second-order valence-corrected chi connectivity index (χ2v) is 7.50. The van der Waals surface area contributed by atoms with Gasteiger partial charge in [-0.05, 0) is 48.4 Å². The van der Waals surface area contributed by atoms with Crippen LogP contribution < -0.4 is 4.90 Å². The lowest BCUT2D eigenvalue weighted by molar-refractivity contribution is -0.384. The van der Waals surface area contributed by atoms with Crippen LogP contribution >= 0.6 is 11.6 Å². The highest BCUT2D eigenvalue weighted by Gasteiger charge is 2.38. The number of non-ortho nitro benzene ring substituents is 1. The highest BCUT2D eigenvalue weighted by Crippen LogP contribution is 2.33. The maximum Gasteiger partial charge on any atom is 0.338 e. The molecule has 3 aromatic rings. The molecule has 0 unspecified atom stereocenters. The Morgan fingerprint density at radius 2 is 1.75 bits per heavy atom. The molecule has 1 aliphatic rings. The summed E-state index contributed by atoms with van der Waals surface area (Å²) in [6.45, 7) is 1.52. The van der Waals surface area contributed by atoms with Crippen molar-refractivity contribution < 1.29 is 24.0 Å². The molecule has 2 amide bonds. The van der Waals surface area contributed by atoms with Crippen LogP contribution in [0.3, 0.4) is 0 Å². The van der Waals surface area contributed by atoms with Crippen molar-refractivity contribution in [3.63, 3.8) is 0 Å². The van der Waals surface area contributed by atoms with Gasteiger partial charge < -0.3 is 4.74 Å². The highest BCUT2D eigenvalue weighted by molar-refractivity contribution is 6.36. The first-order valence-electron chi connectivity index (χ1n) is 9.46. The molecule has 0 fully saturated rings. The van der Waals surface area contributed by atoms with E-state index in [2.05, 4.69) is 0 Å². The van der Waals surface area contributed by atoms with E-state index in [9.17, 15) is 24.5 Å². The number of ether oxygens (including phenoxy) is 1. The van der Waals surface area contributed by atoms with E-state index in [4.69, 9.17) is 16.3 Å². The summed E-state index contributed by atoms with van der Waals surface area (Å²) in [5, 5.41) is 11.3. The number of esters is 1. The number of nitro benzene ring substituents is 1. The fraction of sp³-hybridized carbons (Fsp3) is 0.0870. The van der Waals surface area contributed by atoms with Crippen LogP contribution in [0.1, 0.15) is 42.2 Å². The summed E-state index contributed by atoms with van der Waals surface area (Å²) in [6.07, 6.45) is 0. The number of nitro groups is 1. The Bertz CT molecular complexity index is 1300. The highest BCUT2D eigenvalue weighted by atomic mass is 35.5. The predicted octanol–water partition coefficient (Wildman–Crippen LogP) is 4.71. The van der Waals surface area contributed by atoms with Crippen LogP contribution in [-0.2, 0) is 11.3 Å². The molecule has 160 valence electrons. The Hall–Kier alpha value is -4.04. The Balaban J connectivity index is 1.56. The summed E-state index contributed by atoms with van der Waals surface area (Å²) in [7, 11) is 0. The third-order valence-corrected chi connectivity index (χ3v) is 5.50. The Morgan fingerprint density at radius 3 is 2.50 bits per heavy atom. The maximum atomic E-state index is 13.0. The summed E-state index contributed by atoms with van der Waals surface area (Å²) >= 11 is 6.13. The van der Waals surface area contributed by atoms with Gasteiger partial charge in [-0.2, -0.15) is 0 Å². The number of halogens is 1. The molecule has 0 aliphatic carbocycles. The van der Waals surface area contributed by atoms with Crippen molar-refractivity contribution in [1.29, 1.82) is 0 Å². The molecule has 0 saturated carbocycles. The number of hydrogen-bond donors (Lipinski definition) is 0. The second-order valence-electron chi connectivity index (χ2n) is 7.09. The molecule has 0 N–H and O–H groups in total. The van der Waals surface area contributed by atoms with Crippen LogP contribution in [0, 0.1) is 17.0 Å². The summed E-state index contributed by atoms with van der Waals surface area (Å²) in [5.74, 6) is -1.80. The van der Waals surface area contributed by atoms with E-state index in [1.165, 1.54) is 36.4 Å². The van der Waals surface area contributed by atoms with Gasteiger partial charge in [-0.3, -0.25) is 19.7 Å². The first kappa shape index (κ1) is 21.2. The van der Waals surface area contributed by atoms with Crippen LogP contribution in [0.25, 0.3) is 0 Å². The van der Waals surface area contributed by atoms with Gasteiger partial charge in [-0.15, -0.1) is 0 Å². The number of carbonyl (C=O) groups excluding carboxylic acids is 3. The van der Waals surface area contributed by atoms with Gasteiger partial charge in [0.1, 0.15) is 6.61 Å². The van der Waals surface area contributed by atoms with Crippen LogP contribution in [0.15, 0.2) is 60.7 Å². The van der Waals surface area contributed by atoms with Crippen molar-refractivity contribution in [2.24, 2.45) is 0 Å². The molecule has 0 saturated heterocycles. The molecule has 8 nitrogen and oxygen atoms in total. The molecule has 0 radical (unpaired) electrons. The van der Waals surface area contributed by atoms with Gasteiger partial charge in [-0.1, -0.05) is 29.8 Å². The zero-order valence-electron chi connectivity index (χ0n) is 16.7. The van der Waals surface area contributed by atoms with Crippen molar-refractivity contribution in [2.45, 2.75) is 13.5 Å². The zero-order valence-corrected chi connectivity index (χ0v) is 17.5. The molecule has 9 heteroatoms. The third kappa shape index (κ3) is 3.72. The van der Waals surface area contributed by atoms with Crippen molar-refractivity contribution in [1.82, 2.24) is 0 Å². The normalized spacial score (nSPS) is 12.6. The monoisotopic (exact) mass is 450 g/mol. The quantitative estimate of drug-likeness (QED) is 0.241. The number of imide groups is 1. The molecule has 32 heavy (non-hydrogen) atoms. The molecule has 1 heterocycles. The first-order valence-corrected chi connectivity index (χ1v) is 9.84. The van der Waals surface area contributed by atoms with Gasteiger partial charge >= 0.3 is 5.97 Å². The number of fused-ring (bicyclic) bond motifs is 1. The molecular formula is C23H15ClN2O6. The van der Waals surface area contributed by atoms with Gasteiger partial charge in [0.2, 0.25) is 0 Å². The van der Waals surface area contributed by atoms with E-state index >= 15 is 0 Å². The molecule has 0 spiro atoms. The van der Waals surface area contributed by atoms with Crippen molar-refractivity contribution in [3.05, 3.63) is 104 Å². The number of hydrogen-bond acceptors (Lipinski definition) is 6. The van der Waals surface area contributed by atoms with Gasteiger partial charge in [0.25, 0.3) is 17.5 Å². The number of carbonyl (C=O) groups is 3. The van der Waals surface area contributed by atoms with E-state index in [0.29, 0.717) is 21.8 Å². The molecular weight excluding hydrogens is 436 g/mol. The van der Waals surface area contributed by atoms with Gasteiger partial charge in [0.05, 0.1) is 27.3 Å². The molecule has 0 atom stereocenters. The van der Waals surface area contributed by atoms with E-state index in [-0.39, 0.29) is 29.0 Å². The predicted molar refractivity (Wildman–Crippen MR) is 116 cm³/mol. The number of amides is 2. The number of benzene rings is 3. The van der Waals surface area contributed by atoms with Gasteiger partial charge in [0.15, 0.2) is 0 Å². The third-order valence-electron chi connectivity index (χ3n) is 5.09. The Kier molecular flexibility index (Phi) is 5.46. The summed E-state index contributed by atoms with van der Waals surface area (Å²) in [6, 6.07) is 14.8. The van der Waals surface area contributed by atoms with Gasteiger partial charge in [0, 0.05) is 17.2 Å². The number of rotatable bonds is 5. The lowest BCUT2D eigenvalue weighted by Gasteiger charge is -2.17. The zero-order chi connectivity index (χ0) is 23.0. The van der Waals surface area contributed by atoms with Crippen molar-refractivity contribution in [2.75, 3.05) is 4.90 Å². The van der Waals surface area contributed by atoms with Crippen molar-refractivity contribution >= 4 is 40.8 Å². The van der Waals surface area contributed by atoms with E-state index in [0.717, 1.165) is 4.90 Å². The Morgan fingerprint density at radius 1 is 1.03 bits per heavy atom. The lowest BCUT2D eigenvalue weighted by Crippen LogP contribution is -2.30. The maximum absolute atomic E-state index is 13.0. The fourth-order valence-electron chi connectivity index (χ4n) is 3.42. The topological polar surface area (TPSA) is 107 Å². The van der Waals surface area contributed by atoms with E-state index in [1.54, 1.807) is 31.2 Å². The second kappa shape index (κ2) is 8.24. The SMILES string of the molecule is Cc1c(Cl)cccc1N1C(=O)c2ccc(C(=O)OCc3cccc([N+](=O)[O-])c3)cc2C1=O. The van der Waals surface area contributed by atoms with Crippen LogP contribution in [0.4, 0.5) is 11.4 Å². The average molecular weight is 451 g/mol. The minimum atomic E-state index is -0.725. The molecule has 1 aliphatic heterocycles. The number of nitrogens with zero attached hydrogens (tertiary/aromatic N) is 2. The van der Waals surface area contributed by atoms with Gasteiger partial charge in [-0.25, -0.2) is 9.69 Å². The van der Waals surface area contributed by atoms with Crippen LogP contribution in [0.2, 0.25) is 5.02 Å². The summed E-state index contributed by atoms with van der Waals surface area (Å²) < 4.78 is 5.23.